The fourth-order valence-corrected chi connectivity index (χ4v) is 1.31. The number of hydrogen-bond acceptors (Lipinski definition) is 3. The third kappa shape index (κ3) is 1.81. The van der Waals surface area contributed by atoms with Gasteiger partial charge in [-0.1, -0.05) is 11.6 Å². The molecule has 0 bridgehead atoms. The maximum Gasteiger partial charge on any atom is 0.265 e. The summed E-state index contributed by atoms with van der Waals surface area (Å²) in [6, 6.07) is 1.62. The quantitative estimate of drug-likeness (QED) is 0.824. The van der Waals surface area contributed by atoms with Crippen molar-refractivity contribution in [3.05, 3.63) is 28.0 Å². The van der Waals surface area contributed by atoms with Crippen molar-refractivity contribution in [1.82, 2.24) is 4.98 Å². The Bertz CT molecular complexity index is 387. The van der Waals surface area contributed by atoms with Gasteiger partial charge in [-0.2, -0.15) is 5.26 Å². The molecule has 0 aliphatic carbocycles. The average molecular weight is 218 g/mol. The number of nitrogens with two attached hydrogens (primary N) is 1. The lowest BCUT2D eigenvalue weighted by Gasteiger charge is -2.08. The van der Waals surface area contributed by atoms with Crippen molar-refractivity contribution in [2.75, 3.05) is 0 Å². The van der Waals surface area contributed by atoms with Gasteiger partial charge >= 0.3 is 0 Å². The molecular formula is C8H6ClF2N3. The second-order valence-electron chi connectivity index (χ2n) is 2.48. The summed E-state index contributed by atoms with van der Waals surface area (Å²) in [6.45, 7) is -0.0852. The Morgan fingerprint density at radius 1 is 1.64 bits per heavy atom. The van der Waals surface area contributed by atoms with Crippen molar-refractivity contribution in [2.24, 2.45) is 5.73 Å². The molecule has 6 heteroatoms. The molecule has 0 saturated carbocycles. The van der Waals surface area contributed by atoms with E-state index in [9.17, 15) is 8.78 Å². The normalized spacial score (nSPS) is 10.3. The molecule has 1 heterocycles. The van der Waals surface area contributed by atoms with Gasteiger partial charge in [0.1, 0.15) is 6.07 Å². The SMILES string of the molecule is N#Cc1ncc(CN)c(C(F)F)c1Cl. The predicted octanol–water partition coefficient (Wildman–Crippen LogP) is 2.00. The molecule has 14 heavy (non-hydrogen) atoms. The van der Waals surface area contributed by atoms with Crippen molar-refractivity contribution in [2.45, 2.75) is 13.0 Å². The molecular weight excluding hydrogens is 212 g/mol. The summed E-state index contributed by atoms with van der Waals surface area (Å²) in [5.74, 6) is 0. The number of hydrogen-bond donors (Lipinski definition) is 1. The van der Waals surface area contributed by atoms with E-state index in [4.69, 9.17) is 22.6 Å². The average Bonchev–Trinajstić information content (AvgIpc) is 2.16. The topological polar surface area (TPSA) is 62.7 Å². The lowest BCUT2D eigenvalue weighted by molar-refractivity contribution is 0.150. The van der Waals surface area contributed by atoms with Crippen molar-refractivity contribution in [3.8, 4) is 6.07 Å². The zero-order chi connectivity index (χ0) is 10.7. The number of nitriles is 1. The Kier molecular flexibility index (Phi) is 3.33. The zero-order valence-corrected chi connectivity index (χ0v) is 7.72. The lowest BCUT2D eigenvalue weighted by Crippen LogP contribution is -2.05. The molecule has 1 aromatic rings. The molecule has 0 aliphatic rings. The van der Waals surface area contributed by atoms with Gasteiger partial charge in [-0.15, -0.1) is 0 Å². The Balaban J connectivity index is 3.41. The number of pyridine rings is 1. The van der Waals surface area contributed by atoms with Gasteiger partial charge in [0.2, 0.25) is 0 Å². The monoisotopic (exact) mass is 217 g/mol. The van der Waals surface area contributed by atoms with E-state index in [0.717, 1.165) is 6.20 Å². The molecule has 0 aliphatic heterocycles. The highest BCUT2D eigenvalue weighted by atomic mass is 35.5. The zero-order valence-electron chi connectivity index (χ0n) is 6.97. The predicted molar refractivity (Wildman–Crippen MR) is 46.8 cm³/mol. The third-order valence-corrected chi connectivity index (χ3v) is 2.07. The number of nitrogens with zero attached hydrogens (tertiary/aromatic N) is 2. The smallest absolute Gasteiger partial charge is 0.265 e. The molecule has 3 nitrogen and oxygen atoms in total. The van der Waals surface area contributed by atoms with E-state index in [0.29, 0.717) is 0 Å². The Morgan fingerprint density at radius 2 is 2.29 bits per heavy atom. The van der Waals surface area contributed by atoms with Gasteiger partial charge < -0.3 is 5.73 Å². The molecule has 0 fully saturated rings. The van der Waals surface area contributed by atoms with Crippen LogP contribution in [0.5, 0.6) is 0 Å². The van der Waals surface area contributed by atoms with Crippen LogP contribution >= 0.6 is 11.6 Å². The van der Waals surface area contributed by atoms with Crippen molar-refractivity contribution >= 4 is 11.6 Å². The maximum atomic E-state index is 12.5. The van der Waals surface area contributed by atoms with Gasteiger partial charge in [0.25, 0.3) is 6.43 Å². The van der Waals surface area contributed by atoms with Crippen LogP contribution in [0.4, 0.5) is 8.78 Å². The van der Waals surface area contributed by atoms with E-state index in [1.165, 1.54) is 0 Å². The van der Waals surface area contributed by atoms with Crippen LogP contribution in [0.15, 0.2) is 6.20 Å². The van der Waals surface area contributed by atoms with E-state index in [1.54, 1.807) is 6.07 Å². The second-order valence-corrected chi connectivity index (χ2v) is 2.85. The van der Waals surface area contributed by atoms with Crippen LogP contribution in [-0.2, 0) is 6.54 Å². The highest BCUT2D eigenvalue weighted by Crippen LogP contribution is 2.31. The van der Waals surface area contributed by atoms with Gasteiger partial charge in [0, 0.05) is 18.3 Å². The third-order valence-electron chi connectivity index (χ3n) is 1.68. The summed E-state index contributed by atoms with van der Waals surface area (Å²) in [4.78, 5) is 3.60. The largest absolute Gasteiger partial charge is 0.326 e. The number of alkyl halides is 2. The van der Waals surface area contributed by atoms with Crippen LogP contribution in [0.25, 0.3) is 0 Å². The minimum atomic E-state index is -2.75. The van der Waals surface area contributed by atoms with Gasteiger partial charge in [0.15, 0.2) is 5.69 Å². The van der Waals surface area contributed by atoms with Gasteiger partial charge in [-0.3, -0.25) is 0 Å². The van der Waals surface area contributed by atoms with Gasteiger partial charge in [-0.25, -0.2) is 13.8 Å². The number of halogens is 3. The van der Waals surface area contributed by atoms with Crippen molar-refractivity contribution in [3.63, 3.8) is 0 Å². The van der Waals surface area contributed by atoms with E-state index in [1.807, 2.05) is 0 Å². The first kappa shape index (κ1) is 10.8. The molecule has 0 saturated heterocycles. The van der Waals surface area contributed by atoms with Crippen LogP contribution in [0.2, 0.25) is 5.02 Å². The molecule has 1 aromatic heterocycles. The van der Waals surface area contributed by atoms with Crippen LogP contribution in [0.1, 0.15) is 23.2 Å². The first-order valence-electron chi connectivity index (χ1n) is 3.67. The van der Waals surface area contributed by atoms with E-state index < -0.39 is 12.0 Å². The highest BCUT2D eigenvalue weighted by molar-refractivity contribution is 6.32. The summed E-state index contributed by atoms with van der Waals surface area (Å²) in [7, 11) is 0. The molecule has 0 spiro atoms. The molecule has 0 atom stereocenters. The summed E-state index contributed by atoms with van der Waals surface area (Å²) >= 11 is 5.57. The summed E-state index contributed by atoms with van der Waals surface area (Å²) in [6.07, 6.45) is -1.61. The molecule has 74 valence electrons. The number of rotatable bonds is 2. The van der Waals surface area contributed by atoms with Crippen LogP contribution in [0.3, 0.4) is 0 Å². The molecule has 0 amide bonds. The fourth-order valence-electron chi connectivity index (χ4n) is 1.01. The van der Waals surface area contributed by atoms with Gasteiger partial charge in [0.05, 0.1) is 5.02 Å². The fraction of sp³-hybridized carbons (Fsp3) is 0.250. The van der Waals surface area contributed by atoms with Crippen molar-refractivity contribution < 1.29 is 8.78 Å². The minimum Gasteiger partial charge on any atom is -0.326 e. The van der Waals surface area contributed by atoms with Crippen LogP contribution in [0, 0.1) is 11.3 Å². The first-order valence-corrected chi connectivity index (χ1v) is 4.05. The Morgan fingerprint density at radius 3 is 2.71 bits per heavy atom. The van der Waals surface area contributed by atoms with E-state index >= 15 is 0 Å². The van der Waals surface area contributed by atoms with E-state index in [-0.39, 0.29) is 22.8 Å². The molecule has 0 unspecified atom stereocenters. The Hall–Kier alpha value is -1.25. The Labute approximate surface area is 84.1 Å². The lowest BCUT2D eigenvalue weighted by atomic mass is 10.1. The summed E-state index contributed by atoms with van der Waals surface area (Å²) < 4.78 is 25.0. The van der Waals surface area contributed by atoms with Crippen molar-refractivity contribution in [1.29, 1.82) is 5.26 Å². The molecule has 1 rings (SSSR count). The standard InChI is InChI=1S/C8H6ClF2N3/c9-7-5(2-13)14-3-4(1-12)6(7)8(10)11/h3,8H,1,12H2. The summed E-state index contributed by atoms with van der Waals surface area (Å²) in [5.41, 5.74) is 4.78. The first-order chi connectivity index (χ1) is 6.61. The molecule has 2 N–H and O–H groups in total. The van der Waals surface area contributed by atoms with E-state index in [2.05, 4.69) is 4.98 Å². The minimum absolute atomic E-state index is 0.0852. The number of aromatic nitrogens is 1. The molecule has 0 radical (unpaired) electrons. The second kappa shape index (κ2) is 4.31. The summed E-state index contributed by atoms with van der Waals surface area (Å²) in [5, 5.41) is 8.20. The van der Waals surface area contributed by atoms with Crippen LogP contribution in [-0.4, -0.2) is 4.98 Å². The van der Waals surface area contributed by atoms with Crippen LogP contribution < -0.4 is 5.73 Å². The van der Waals surface area contributed by atoms with Gasteiger partial charge in [-0.05, 0) is 5.56 Å². The molecule has 0 aromatic carbocycles. The highest BCUT2D eigenvalue weighted by Gasteiger charge is 2.19. The maximum absolute atomic E-state index is 12.5.